The molecule has 80 valence electrons. The van der Waals surface area contributed by atoms with E-state index < -0.39 is 0 Å². The molecular weight excluding hydrogens is 204 g/mol. The first-order chi connectivity index (χ1) is 7.16. The molecule has 2 rings (SSSR count). The topological polar surface area (TPSA) is 16.1 Å². The van der Waals surface area contributed by atoms with Crippen LogP contribution in [0.2, 0.25) is 0 Å². The molecule has 2 nitrogen and oxygen atoms in total. The van der Waals surface area contributed by atoms with Crippen molar-refractivity contribution in [2.45, 2.75) is 12.8 Å². The number of fused-ring (bicyclic) bond motifs is 1. The van der Waals surface area contributed by atoms with Crippen molar-refractivity contribution in [1.29, 1.82) is 0 Å². The zero-order valence-corrected chi connectivity index (χ0v) is 10.2. The summed E-state index contributed by atoms with van der Waals surface area (Å²) in [4.78, 5) is 6.86. The van der Waals surface area contributed by atoms with Gasteiger partial charge in [0, 0.05) is 12.5 Å². The minimum Gasteiger partial charge on any atom is -0.309 e. The summed E-state index contributed by atoms with van der Waals surface area (Å²) in [6.07, 6.45) is 0. The zero-order valence-electron chi connectivity index (χ0n) is 9.40. The summed E-state index contributed by atoms with van der Waals surface area (Å²) >= 11 is 1.81. The summed E-state index contributed by atoms with van der Waals surface area (Å²) < 4.78 is 1.29. The fourth-order valence-corrected chi connectivity index (χ4v) is 2.74. The Morgan fingerprint density at radius 3 is 2.73 bits per heavy atom. The molecule has 15 heavy (non-hydrogen) atoms. The highest BCUT2D eigenvalue weighted by molar-refractivity contribution is 7.18. The van der Waals surface area contributed by atoms with Gasteiger partial charge in [-0.15, -0.1) is 11.3 Å². The molecule has 0 spiro atoms. The average molecular weight is 220 g/mol. The Hall–Kier alpha value is -0.930. The molecule has 0 aliphatic rings. The van der Waals surface area contributed by atoms with Crippen molar-refractivity contribution in [3.05, 3.63) is 29.3 Å². The normalized spacial score (nSPS) is 13.6. The molecule has 3 heteroatoms. The van der Waals surface area contributed by atoms with Gasteiger partial charge in [-0.2, -0.15) is 0 Å². The van der Waals surface area contributed by atoms with E-state index in [1.807, 2.05) is 17.4 Å². The summed E-state index contributed by atoms with van der Waals surface area (Å²) in [5.41, 5.74) is 1.13. The monoisotopic (exact) mass is 220 g/mol. The molecule has 1 atom stereocenters. The highest BCUT2D eigenvalue weighted by Gasteiger charge is 2.11. The minimum absolute atomic E-state index is 0.511. The molecule has 0 unspecified atom stereocenters. The van der Waals surface area contributed by atoms with Crippen LogP contribution in [0.5, 0.6) is 0 Å². The summed E-state index contributed by atoms with van der Waals surface area (Å²) in [6, 6.07) is 8.33. The maximum absolute atomic E-state index is 4.66. The van der Waals surface area contributed by atoms with Gasteiger partial charge in [0.2, 0.25) is 0 Å². The zero-order chi connectivity index (χ0) is 10.8. The van der Waals surface area contributed by atoms with Gasteiger partial charge in [-0.1, -0.05) is 19.1 Å². The van der Waals surface area contributed by atoms with Gasteiger partial charge < -0.3 is 4.90 Å². The van der Waals surface area contributed by atoms with Crippen LogP contribution >= 0.6 is 11.3 Å². The Morgan fingerprint density at radius 2 is 2.07 bits per heavy atom. The Balaban J connectivity index is 2.28. The Morgan fingerprint density at radius 1 is 1.33 bits per heavy atom. The lowest BCUT2D eigenvalue weighted by atomic mass is 10.2. The molecule has 1 aromatic carbocycles. The number of para-hydroxylation sites is 1. The van der Waals surface area contributed by atoms with Gasteiger partial charge >= 0.3 is 0 Å². The largest absolute Gasteiger partial charge is 0.309 e. The molecule has 0 saturated heterocycles. The first-order valence-corrected chi connectivity index (χ1v) is 5.98. The second-order valence-electron chi connectivity index (χ2n) is 4.18. The summed E-state index contributed by atoms with van der Waals surface area (Å²) in [5.74, 6) is 0.511. The number of hydrogen-bond acceptors (Lipinski definition) is 3. The van der Waals surface area contributed by atoms with Gasteiger partial charge in [0.15, 0.2) is 0 Å². The Bertz CT molecular complexity index is 415. The molecule has 1 aromatic heterocycles. The SMILES string of the molecule is C[C@H](CN(C)C)c1nc2ccccc2s1. The van der Waals surface area contributed by atoms with E-state index in [0.717, 1.165) is 12.1 Å². The molecule has 0 saturated carbocycles. The third kappa shape index (κ3) is 2.36. The van der Waals surface area contributed by atoms with Gasteiger partial charge in [-0.3, -0.25) is 0 Å². The van der Waals surface area contributed by atoms with Crippen LogP contribution in [0.25, 0.3) is 10.2 Å². The van der Waals surface area contributed by atoms with Gasteiger partial charge in [-0.25, -0.2) is 4.98 Å². The summed E-state index contributed by atoms with van der Waals surface area (Å²) in [6.45, 7) is 3.29. The standard InChI is InChI=1S/C12H16N2S/c1-9(8-14(2)3)12-13-10-6-4-5-7-11(10)15-12/h4-7,9H,8H2,1-3H3/t9-/m1/s1. The number of likely N-dealkylation sites (N-methyl/N-ethyl adjacent to an activating group) is 1. The molecule has 2 aromatic rings. The molecule has 0 amide bonds. The Labute approximate surface area is 94.6 Å². The molecule has 0 aliphatic carbocycles. The van der Waals surface area contributed by atoms with Crippen molar-refractivity contribution < 1.29 is 0 Å². The average Bonchev–Trinajstić information content (AvgIpc) is 2.59. The van der Waals surface area contributed by atoms with E-state index in [1.54, 1.807) is 0 Å². The molecule has 1 heterocycles. The second kappa shape index (κ2) is 4.29. The van der Waals surface area contributed by atoms with Crippen molar-refractivity contribution in [3.8, 4) is 0 Å². The lowest BCUT2D eigenvalue weighted by Gasteiger charge is -2.13. The van der Waals surface area contributed by atoms with Gasteiger partial charge in [0.1, 0.15) is 0 Å². The van der Waals surface area contributed by atoms with Crippen molar-refractivity contribution in [2.75, 3.05) is 20.6 Å². The fraction of sp³-hybridized carbons (Fsp3) is 0.417. The Kier molecular flexibility index (Phi) is 3.03. The van der Waals surface area contributed by atoms with Crippen LogP contribution in [0.3, 0.4) is 0 Å². The van der Waals surface area contributed by atoms with Crippen molar-refractivity contribution in [1.82, 2.24) is 9.88 Å². The summed E-state index contributed by atoms with van der Waals surface area (Å²) in [5, 5.41) is 1.24. The number of aromatic nitrogens is 1. The first-order valence-electron chi connectivity index (χ1n) is 5.17. The van der Waals surface area contributed by atoms with Crippen molar-refractivity contribution >= 4 is 21.6 Å². The number of nitrogens with zero attached hydrogens (tertiary/aromatic N) is 2. The van der Waals surface area contributed by atoms with E-state index in [9.17, 15) is 0 Å². The lowest BCUT2D eigenvalue weighted by molar-refractivity contribution is 0.383. The van der Waals surface area contributed by atoms with Crippen LogP contribution in [0, 0.1) is 0 Å². The van der Waals surface area contributed by atoms with E-state index in [2.05, 4.69) is 49.1 Å². The number of hydrogen-bond donors (Lipinski definition) is 0. The van der Waals surface area contributed by atoms with Crippen LogP contribution < -0.4 is 0 Å². The van der Waals surface area contributed by atoms with Crippen LogP contribution in [-0.4, -0.2) is 30.5 Å². The molecule has 0 aliphatic heterocycles. The van der Waals surface area contributed by atoms with E-state index in [4.69, 9.17) is 0 Å². The molecule has 0 N–H and O–H groups in total. The fourth-order valence-electron chi connectivity index (χ4n) is 1.73. The lowest BCUT2D eigenvalue weighted by Crippen LogP contribution is -2.18. The van der Waals surface area contributed by atoms with Gasteiger partial charge in [0.25, 0.3) is 0 Å². The van der Waals surface area contributed by atoms with Crippen LogP contribution in [0.1, 0.15) is 17.8 Å². The quantitative estimate of drug-likeness (QED) is 0.790. The van der Waals surface area contributed by atoms with Crippen LogP contribution in [0.4, 0.5) is 0 Å². The van der Waals surface area contributed by atoms with E-state index >= 15 is 0 Å². The third-order valence-electron chi connectivity index (χ3n) is 2.37. The number of rotatable bonds is 3. The molecule has 0 bridgehead atoms. The first kappa shape index (κ1) is 10.6. The third-order valence-corrected chi connectivity index (χ3v) is 3.64. The summed E-state index contributed by atoms with van der Waals surface area (Å²) in [7, 11) is 4.20. The predicted octanol–water partition coefficient (Wildman–Crippen LogP) is 2.96. The van der Waals surface area contributed by atoms with E-state index in [0.29, 0.717) is 5.92 Å². The molecule has 0 fully saturated rings. The van der Waals surface area contributed by atoms with Crippen molar-refractivity contribution in [2.24, 2.45) is 0 Å². The van der Waals surface area contributed by atoms with Gasteiger partial charge in [0.05, 0.1) is 15.2 Å². The van der Waals surface area contributed by atoms with Crippen LogP contribution in [0.15, 0.2) is 24.3 Å². The van der Waals surface area contributed by atoms with Crippen molar-refractivity contribution in [3.63, 3.8) is 0 Å². The van der Waals surface area contributed by atoms with E-state index in [1.165, 1.54) is 9.71 Å². The van der Waals surface area contributed by atoms with Gasteiger partial charge in [-0.05, 0) is 26.2 Å². The minimum atomic E-state index is 0.511. The maximum atomic E-state index is 4.66. The number of benzene rings is 1. The highest BCUT2D eigenvalue weighted by Crippen LogP contribution is 2.27. The smallest absolute Gasteiger partial charge is 0.0979 e. The maximum Gasteiger partial charge on any atom is 0.0979 e. The molecule has 0 radical (unpaired) electrons. The van der Waals surface area contributed by atoms with Crippen LogP contribution in [-0.2, 0) is 0 Å². The number of thiazole rings is 1. The highest BCUT2D eigenvalue weighted by atomic mass is 32.1. The van der Waals surface area contributed by atoms with E-state index in [-0.39, 0.29) is 0 Å². The molecular formula is C12H16N2S. The predicted molar refractivity (Wildman–Crippen MR) is 66.6 cm³/mol. The second-order valence-corrected chi connectivity index (χ2v) is 5.25.